The lowest BCUT2D eigenvalue weighted by Crippen LogP contribution is -2.46. The van der Waals surface area contributed by atoms with Crippen molar-refractivity contribution in [2.24, 2.45) is 0 Å². The van der Waals surface area contributed by atoms with Gasteiger partial charge in [0.2, 0.25) is 17.8 Å². The molecule has 0 saturated heterocycles. The molecule has 0 aliphatic rings. The molecule has 0 amide bonds. The van der Waals surface area contributed by atoms with Crippen molar-refractivity contribution in [1.29, 1.82) is 0 Å². The maximum Gasteiger partial charge on any atom is 0.449 e. The highest BCUT2D eigenvalue weighted by molar-refractivity contribution is 5.42. The predicted octanol–water partition coefficient (Wildman–Crippen LogP) is -3.07. The number of nitrogens with zero attached hydrogens (tertiary/aromatic N) is 18. The van der Waals surface area contributed by atoms with Crippen LogP contribution in [0.15, 0.2) is 24.5 Å². The predicted molar refractivity (Wildman–Crippen MR) is 162 cm³/mol. The molecule has 26 nitrogen and oxygen atoms in total. The second kappa shape index (κ2) is 13.1. The Morgan fingerprint density at radius 3 is 1.57 bits per heavy atom. The monoisotopic (exact) mass is 645 g/mol. The van der Waals surface area contributed by atoms with Crippen molar-refractivity contribution < 1.29 is 4.68 Å². The second-order valence-electron chi connectivity index (χ2n) is 9.43. The van der Waals surface area contributed by atoms with Crippen molar-refractivity contribution in [1.82, 2.24) is 95.5 Å². The number of nitrogens with one attached hydrogen (secondary N) is 3. The molecule has 0 aliphatic heterocycles. The Kier molecular flexibility index (Phi) is 8.63. The average molecular weight is 646 g/mol. The first-order valence-electron chi connectivity index (χ1n) is 13.2. The summed E-state index contributed by atoms with van der Waals surface area (Å²) in [6, 6.07) is 3.89. The topological polar surface area (TPSA) is 373 Å². The van der Waals surface area contributed by atoms with Crippen molar-refractivity contribution in [2.45, 2.75) is 27.7 Å². The van der Waals surface area contributed by atoms with Crippen molar-refractivity contribution in [2.75, 3.05) is 34.1 Å². The molecule has 0 unspecified atom stereocenters. The van der Waals surface area contributed by atoms with Crippen LogP contribution in [0, 0.1) is 27.7 Å². The first-order valence-corrected chi connectivity index (χ1v) is 13.2. The molecule has 0 radical (unpaired) electrons. The van der Waals surface area contributed by atoms with Crippen molar-refractivity contribution >= 4 is 35.4 Å². The molecular weight excluding hydrogens is 616 g/mol. The summed E-state index contributed by atoms with van der Waals surface area (Å²) in [6.07, 6.45) is 3.02. The van der Waals surface area contributed by atoms with Crippen LogP contribution in [0.25, 0.3) is 17.8 Å². The molecule has 0 fully saturated rings. The number of hydrogen-bond acceptors (Lipinski definition) is 20. The number of nitrogen functional groups attached to an aromatic ring is 5. The lowest BCUT2D eigenvalue weighted by molar-refractivity contribution is -0.686. The normalized spacial score (nSPS) is 10.6. The summed E-state index contributed by atoms with van der Waals surface area (Å²) < 4.78 is 4.60. The van der Waals surface area contributed by atoms with E-state index in [-0.39, 0.29) is 35.7 Å². The van der Waals surface area contributed by atoms with E-state index in [0.29, 0.717) is 17.6 Å². The molecule has 0 bridgehead atoms. The summed E-state index contributed by atoms with van der Waals surface area (Å²) in [7, 11) is 0. The molecule has 26 heteroatoms. The zero-order valence-corrected chi connectivity index (χ0v) is 25.2. The van der Waals surface area contributed by atoms with Gasteiger partial charge in [-0.25, -0.2) is 19.6 Å². The largest absolute Gasteiger partial charge is 0.449 e. The van der Waals surface area contributed by atoms with E-state index in [9.17, 15) is 0 Å². The van der Waals surface area contributed by atoms with E-state index in [1.54, 1.807) is 9.36 Å². The molecule has 47 heavy (non-hydrogen) atoms. The van der Waals surface area contributed by atoms with Gasteiger partial charge in [0.25, 0.3) is 23.8 Å². The average Bonchev–Trinajstić information content (AvgIpc) is 3.85. The van der Waals surface area contributed by atoms with E-state index in [4.69, 9.17) is 28.8 Å². The van der Waals surface area contributed by atoms with Gasteiger partial charge >= 0.3 is 5.95 Å². The van der Waals surface area contributed by atoms with Crippen molar-refractivity contribution in [3.63, 3.8) is 0 Å². The third-order valence-corrected chi connectivity index (χ3v) is 5.58. The Hall–Kier alpha value is -7.41. The highest BCUT2D eigenvalue weighted by atomic mass is 15.6. The van der Waals surface area contributed by atoms with E-state index in [0.717, 1.165) is 22.8 Å². The lowest BCUT2D eigenvalue weighted by atomic mass is 10.4. The summed E-state index contributed by atoms with van der Waals surface area (Å²) in [5.74, 6) is 7.41. The van der Waals surface area contributed by atoms with E-state index in [2.05, 4.69) is 86.7 Å². The number of anilines is 6. The van der Waals surface area contributed by atoms with E-state index in [1.807, 2.05) is 39.8 Å². The summed E-state index contributed by atoms with van der Waals surface area (Å²) in [5, 5.41) is 54.8. The minimum atomic E-state index is 0.108. The number of aromatic nitrogens is 20. The molecular formula is C21H29N26+. The molecule has 0 aromatic carbocycles. The van der Waals surface area contributed by atoms with Gasteiger partial charge in [0.1, 0.15) is 6.20 Å². The van der Waals surface area contributed by atoms with Crippen LogP contribution in [0.1, 0.15) is 22.8 Å². The molecule has 7 aromatic heterocycles. The van der Waals surface area contributed by atoms with Crippen LogP contribution >= 0.6 is 0 Å². The molecule has 0 saturated carbocycles. The van der Waals surface area contributed by atoms with Crippen molar-refractivity contribution in [3.05, 3.63) is 47.3 Å². The highest BCUT2D eigenvalue weighted by Crippen LogP contribution is 2.09. The van der Waals surface area contributed by atoms with Gasteiger partial charge in [0.05, 0.1) is 23.3 Å². The minimum absolute atomic E-state index is 0.108. The van der Waals surface area contributed by atoms with Gasteiger partial charge in [-0.05, 0) is 50.0 Å². The third-order valence-electron chi connectivity index (χ3n) is 5.58. The molecule has 7 heterocycles. The first-order chi connectivity index (χ1) is 22.4. The van der Waals surface area contributed by atoms with Crippen LogP contribution < -0.4 is 38.8 Å². The summed E-state index contributed by atoms with van der Waals surface area (Å²) in [5.41, 5.74) is 25.2. The molecule has 13 N–H and O–H groups in total. The number of nitrogens with two attached hydrogens (primary N) is 5. The number of rotatable bonds is 5. The summed E-state index contributed by atoms with van der Waals surface area (Å²) >= 11 is 0. The van der Waals surface area contributed by atoms with Crippen LogP contribution in [0.4, 0.5) is 35.4 Å². The third kappa shape index (κ3) is 7.57. The smallest absolute Gasteiger partial charge is 0.395 e. The Morgan fingerprint density at radius 2 is 1.21 bits per heavy atom. The zero-order chi connectivity index (χ0) is 33.7. The Balaban J connectivity index is 0.000000153. The van der Waals surface area contributed by atoms with Crippen LogP contribution in [0.5, 0.6) is 0 Å². The van der Waals surface area contributed by atoms with Crippen LogP contribution in [0.3, 0.4) is 0 Å². The van der Waals surface area contributed by atoms with E-state index < -0.39 is 0 Å². The molecule has 7 aromatic rings. The minimum Gasteiger partial charge on any atom is -0.395 e. The zero-order valence-electron chi connectivity index (χ0n) is 25.2. The maximum absolute atomic E-state index is 5.65. The summed E-state index contributed by atoms with van der Waals surface area (Å²) in [4.78, 5) is 8.53. The Morgan fingerprint density at radius 1 is 0.681 bits per heavy atom. The van der Waals surface area contributed by atoms with Gasteiger partial charge in [0.15, 0.2) is 0 Å². The fourth-order valence-corrected chi connectivity index (χ4v) is 3.75. The van der Waals surface area contributed by atoms with Gasteiger partial charge in [0, 0.05) is 21.6 Å². The SMILES string of the molecule is Cc1cc(C)n(-c2nnc(-n3nc(C)cc3C)nn2)n1.Nc1cn(N)[n+](-c2nnc(Nc3n[nH]c(N)n3)nn2)c1.Nc1n[nH]c(N)n1. The Bertz CT molecular complexity index is 1980. The fraction of sp³-hybridized carbons (Fsp3) is 0.190. The maximum atomic E-state index is 5.65. The molecule has 0 spiro atoms. The summed E-state index contributed by atoms with van der Waals surface area (Å²) in [6.45, 7) is 7.68. The van der Waals surface area contributed by atoms with Crippen LogP contribution in [-0.2, 0) is 0 Å². The molecule has 0 atom stereocenters. The van der Waals surface area contributed by atoms with Gasteiger partial charge in [-0.1, -0.05) is 0 Å². The number of H-pyrrole nitrogens is 2. The van der Waals surface area contributed by atoms with Gasteiger partial charge in [-0.2, -0.15) is 20.2 Å². The number of aryl methyl sites for hydroxylation is 4. The van der Waals surface area contributed by atoms with E-state index in [1.165, 1.54) is 21.9 Å². The highest BCUT2D eigenvalue weighted by Gasteiger charge is 2.16. The molecule has 242 valence electrons. The van der Waals surface area contributed by atoms with Crippen LogP contribution in [-0.4, -0.2) is 95.5 Å². The number of hydrogen-bond donors (Lipinski definition) is 8. The van der Waals surface area contributed by atoms with Gasteiger partial charge in [-0.3, -0.25) is 11.2 Å². The fourth-order valence-electron chi connectivity index (χ4n) is 3.75. The lowest BCUT2D eigenvalue weighted by Gasteiger charge is -2.02. The first kappa shape index (κ1) is 31.0. The van der Waals surface area contributed by atoms with Crippen molar-refractivity contribution in [3.8, 4) is 17.8 Å². The Labute approximate surface area is 262 Å². The number of aromatic amines is 2. The van der Waals surface area contributed by atoms with E-state index >= 15 is 0 Å². The van der Waals surface area contributed by atoms with Gasteiger partial charge in [-0.15, -0.1) is 40.1 Å². The standard InChI is InChI=1S/C12H14N8.C7H10N13.C2H5N5/c1-7-5-9(3)19(17-7)11-13-15-12(16-14-11)20-10(4)6-8(2)18-20;8-3-1-19(20(10)2-3)7-17-15-6(16-18-7)12-5-11-4(9)13-14-5;3-1-5-2(4)7-6-1/h5-6H,1-4H3;1-2H,8,10H2,(H4,9,11,12,13,14,15,16);(H5,3,4,5,6,7)/q;+1;. The second-order valence-corrected chi connectivity index (χ2v) is 9.43. The molecule has 0 aliphatic carbocycles. The quantitative estimate of drug-likeness (QED) is 0.0679. The van der Waals surface area contributed by atoms with Gasteiger partial charge < -0.3 is 22.9 Å². The molecule has 7 rings (SSSR count). The van der Waals surface area contributed by atoms with Crippen LogP contribution in [0.2, 0.25) is 0 Å².